The molecule has 30 heavy (non-hydrogen) atoms. The standard InChI is InChI=1S/C21H33NO8/c1-19(2,3)29-17(25)22-14(11-13-9-7-6-8-10-13)15(28-20(22,4)5)21(16(23)24)12-27-18(26)30-21/h13-15H,6-12H2,1-5H3,(H,23,24)/t14?,15?,21-/m1/s1. The van der Waals surface area contributed by atoms with Crippen molar-refractivity contribution < 1.29 is 38.4 Å². The number of nitrogens with zero attached hydrogens (tertiary/aromatic N) is 1. The van der Waals surface area contributed by atoms with E-state index in [1.165, 1.54) is 11.3 Å². The van der Waals surface area contributed by atoms with Gasteiger partial charge in [-0.1, -0.05) is 32.1 Å². The van der Waals surface area contributed by atoms with E-state index in [2.05, 4.69) is 0 Å². The van der Waals surface area contributed by atoms with Crippen LogP contribution in [0.3, 0.4) is 0 Å². The monoisotopic (exact) mass is 427 g/mol. The van der Waals surface area contributed by atoms with Gasteiger partial charge < -0.3 is 24.1 Å². The molecule has 1 aliphatic carbocycles. The van der Waals surface area contributed by atoms with Gasteiger partial charge in [0.1, 0.15) is 24.0 Å². The van der Waals surface area contributed by atoms with Crippen LogP contribution in [0, 0.1) is 5.92 Å². The summed E-state index contributed by atoms with van der Waals surface area (Å²) in [7, 11) is 0. The van der Waals surface area contributed by atoms with Crippen LogP contribution in [-0.4, -0.2) is 63.9 Å². The highest BCUT2D eigenvalue weighted by atomic mass is 16.8. The molecule has 170 valence electrons. The van der Waals surface area contributed by atoms with Crippen molar-refractivity contribution >= 4 is 18.2 Å². The summed E-state index contributed by atoms with van der Waals surface area (Å²) in [4.78, 5) is 38.6. The van der Waals surface area contributed by atoms with E-state index in [-0.39, 0.29) is 0 Å². The molecule has 2 heterocycles. The van der Waals surface area contributed by atoms with E-state index in [1.807, 2.05) is 0 Å². The predicted octanol–water partition coefficient (Wildman–Crippen LogP) is 3.69. The Bertz CT molecular complexity index is 694. The molecular weight excluding hydrogens is 394 g/mol. The number of aliphatic carboxylic acids is 1. The van der Waals surface area contributed by atoms with E-state index in [1.54, 1.807) is 34.6 Å². The Labute approximate surface area is 177 Å². The molecule has 0 bridgehead atoms. The minimum absolute atomic E-state index is 0.317. The fourth-order valence-electron chi connectivity index (χ4n) is 4.79. The number of hydrogen-bond donors (Lipinski definition) is 1. The average Bonchev–Trinajstić information content (AvgIpc) is 3.13. The first-order valence-corrected chi connectivity index (χ1v) is 10.6. The van der Waals surface area contributed by atoms with Crippen LogP contribution in [0.1, 0.15) is 73.1 Å². The molecule has 2 aliphatic heterocycles. The van der Waals surface area contributed by atoms with Crippen molar-refractivity contribution in [2.24, 2.45) is 5.92 Å². The molecule has 1 saturated carbocycles. The summed E-state index contributed by atoms with van der Waals surface area (Å²) in [5, 5.41) is 9.98. The van der Waals surface area contributed by atoms with Gasteiger partial charge >= 0.3 is 18.2 Å². The Hall–Kier alpha value is -2.03. The fourth-order valence-corrected chi connectivity index (χ4v) is 4.79. The van der Waals surface area contributed by atoms with Gasteiger partial charge in [0, 0.05) is 0 Å². The molecule has 0 radical (unpaired) electrons. The van der Waals surface area contributed by atoms with Gasteiger partial charge in [-0.05, 0) is 47.0 Å². The predicted molar refractivity (Wildman–Crippen MR) is 105 cm³/mol. The summed E-state index contributed by atoms with van der Waals surface area (Å²) in [5.74, 6) is -1.04. The SMILES string of the molecule is CC(C)(C)OC(=O)N1C(CC2CCCCC2)C([C@@]2(C(=O)O)COC(=O)O2)OC1(C)C. The largest absolute Gasteiger partial charge is 0.509 e. The zero-order valence-corrected chi connectivity index (χ0v) is 18.4. The second kappa shape index (κ2) is 7.90. The first-order chi connectivity index (χ1) is 13.9. The molecule has 1 amide bonds. The van der Waals surface area contributed by atoms with Crippen LogP contribution in [0.15, 0.2) is 0 Å². The quantitative estimate of drug-likeness (QED) is 0.676. The molecule has 3 fully saturated rings. The number of carbonyl (C=O) groups is 3. The summed E-state index contributed by atoms with van der Waals surface area (Å²) < 4.78 is 21.8. The summed E-state index contributed by atoms with van der Waals surface area (Å²) in [6.45, 7) is 8.23. The zero-order chi connectivity index (χ0) is 22.3. The maximum atomic E-state index is 13.2. The van der Waals surface area contributed by atoms with Gasteiger partial charge in [-0.15, -0.1) is 0 Å². The molecule has 0 aromatic heterocycles. The van der Waals surface area contributed by atoms with Crippen molar-refractivity contribution in [3.8, 4) is 0 Å². The van der Waals surface area contributed by atoms with Gasteiger partial charge in [-0.2, -0.15) is 0 Å². The van der Waals surface area contributed by atoms with Crippen LogP contribution in [0.2, 0.25) is 0 Å². The van der Waals surface area contributed by atoms with Crippen LogP contribution in [-0.2, 0) is 23.7 Å². The number of carboxylic acids is 1. The zero-order valence-electron chi connectivity index (χ0n) is 18.4. The lowest BCUT2D eigenvalue weighted by atomic mass is 9.80. The lowest BCUT2D eigenvalue weighted by Gasteiger charge is -2.37. The van der Waals surface area contributed by atoms with Crippen molar-refractivity contribution in [2.75, 3.05) is 6.61 Å². The minimum Gasteiger partial charge on any atom is -0.478 e. The summed E-state index contributed by atoms with van der Waals surface area (Å²) in [5.41, 5.74) is -3.89. The van der Waals surface area contributed by atoms with Crippen LogP contribution in [0.25, 0.3) is 0 Å². The first kappa shape index (κ1) is 22.7. The summed E-state index contributed by atoms with van der Waals surface area (Å²) in [6.07, 6.45) is 3.21. The maximum Gasteiger partial charge on any atom is 0.509 e. The molecule has 0 aromatic carbocycles. The number of ether oxygens (including phenoxy) is 4. The van der Waals surface area contributed by atoms with Crippen LogP contribution in [0.5, 0.6) is 0 Å². The number of cyclic esters (lactones) is 2. The van der Waals surface area contributed by atoms with Gasteiger partial charge in [0.25, 0.3) is 5.60 Å². The molecule has 3 rings (SSSR count). The Morgan fingerprint density at radius 1 is 1.20 bits per heavy atom. The molecule has 3 aliphatic rings. The lowest BCUT2D eigenvalue weighted by molar-refractivity contribution is -0.176. The normalized spacial score (nSPS) is 31.9. The molecule has 9 nitrogen and oxygen atoms in total. The molecule has 9 heteroatoms. The molecule has 2 saturated heterocycles. The summed E-state index contributed by atoms with van der Waals surface area (Å²) in [6, 6.07) is -0.636. The van der Waals surface area contributed by atoms with Crippen LogP contribution in [0.4, 0.5) is 9.59 Å². The summed E-state index contributed by atoms with van der Waals surface area (Å²) >= 11 is 0. The third-order valence-electron chi connectivity index (χ3n) is 6.06. The number of carbonyl (C=O) groups excluding carboxylic acids is 2. The second-order valence-corrected chi connectivity index (χ2v) is 9.98. The van der Waals surface area contributed by atoms with Crippen molar-refractivity contribution in [2.45, 2.75) is 102 Å². The van der Waals surface area contributed by atoms with Crippen LogP contribution >= 0.6 is 0 Å². The Morgan fingerprint density at radius 3 is 2.33 bits per heavy atom. The van der Waals surface area contributed by atoms with Gasteiger partial charge in [0.15, 0.2) is 0 Å². The lowest BCUT2D eigenvalue weighted by Crippen LogP contribution is -2.58. The van der Waals surface area contributed by atoms with Gasteiger partial charge in [-0.3, -0.25) is 4.90 Å². The molecule has 0 spiro atoms. The fraction of sp³-hybridized carbons (Fsp3) is 0.857. The van der Waals surface area contributed by atoms with E-state index in [9.17, 15) is 19.5 Å². The Kier molecular flexibility index (Phi) is 5.97. The first-order valence-electron chi connectivity index (χ1n) is 10.6. The smallest absolute Gasteiger partial charge is 0.478 e. The van der Waals surface area contributed by atoms with E-state index in [4.69, 9.17) is 18.9 Å². The van der Waals surface area contributed by atoms with Crippen molar-refractivity contribution in [1.29, 1.82) is 0 Å². The average molecular weight is 427 g/mol. The number of rotatable bonds is 4. The number of hydrogen-bond acceptors (Lipinski definition) is 7. The molecule has 0 aromatic rings. The third-order valence-corrected chi connectivity index (χ3v) is 6.06. The second-order valence-electron chi connectivity index (χ2n) is 9.98. The molecule has 3 atom stereocenters. The van der Waals surface area contributed by atoms with E-state index in [0.717, 1.165) is 25.7 Å². The van der Waals surface area contributed by atoms with Crippen molar-refractivity contribution in [3.05, 3.63) is 0 Å². The van der Waals surface area contributed by atoms with Crippen LogP contribution < -0.4 is 0 Å². The highest BCUT2D eigenvalue weighted by Crippen LogP contribution is 2.45. The Balaban J connectivity index is 1.98. The van der Waals surface area contributed by atoms with E-state index >= 15 is 0 Å². The Morgan fingerprint density at radius 2 is 1.83 bits per heavy atom. The number of amides is 1. The minimum atomic E-state index is -2.01. The third kappa shape index (κ3) is 4.36. The highest BCUT2D eigenvalue weighted by Gasteiger charge is 2.66. The van der Waals surface area contributed by atoms with Gasteiger partial charge in [0.2, 0.25) is 0 Å². The maximum absolute atomic E-state index is 13.2. The molecule has 2 unspecified atom stereocenters. The van der Waals surface area contributed by atoms with Crippen molar-refractivity contribution in [1.82, 2.24) is 4.90 Å². The van der Waals surface area contributed by atoms with Gasteiger partial charge in [0.05, 0.1) is 6.04 Å². The number of carboxylic acid groups (broad SMARTS) is 1. The van der Waals surface area contributed by atoms with E-state index in [0.29, 0.717) is 12.3 Å². The van der Waals surface area contributed by atoms with Gasteiger partial charge in [-0.25, -0.2) is 14.4 Å². The topological polar surface area (TPSA) is 112 Å². The molecule has 1 N–H and O–H groups in total. The van der Waals surface area contributed by atoms with Crippen molar-refractivity contribution in [3.63, 3.8) is 0 Å². The highest BCUT2D eigenvalue weighted by molar-refractivity contribution is 5.84. The molecular formula is C21H33NO8. The van der Waals surface area contributed by atoms with E-state index < -0.39 is 53.9 Å².